The molecule has 13 heteroatoms. The number of carbonyl (C=O) groups excluding carboxylic acids is 1. The number of fused-ring (bicyclic) bond motifs is 1. The van der Waals surface area contributed by atoms with Crippen LogP contribution in [0.15, 0.2) is 18.3 Å². The minimum absolute atomic E-state index is 0.0484. The number of carbonyl (C=O) groups is 1. The third-order valence-corrected chi connectivity index (χ3v) is 5.70. The van der Waals surface area contributed by atoms with Gasteiger partial charge in [-0.15, -0.1) is 0 Å². The number of nitrogens with zero attached hydrogens (tertiary/aromatic N) is 5. The van der Waals surface area contributed by atoms with Crippen LogP contribution >= 0.6 is 0 Å². The maximum absolute atomic E-state index is 12.7. The Labute approximate surface area is 206 Å². The second-order valence-corrected chi connectivity index (χ2v) is 9.05. The summed E-state index contributed by atoms with van der Waals surface area (Å²) in [6.45, 7) is 5.64. The van der Waals surface area contributed by atoms with Crippen LogP contribution in [-0.2, 0) is 16.1 Å². The fourth-order valence-electron chi connectivity index (χ4n) is 3.89. The lowest BCUT2D eigenvalue weighted by Gasteiger charge is -2.13. The molecule has 0 spiro atoms. The highest BCUT2D eigenvalue weighted by Gasteiger charge is 2.28. The van der Waals surface area contributed by atoms with Gasteiger partial charge in [-0.2, -0.15) is 23.3 Å². The summed E-state index contributed by atoms with van der Waals surface area (Å²) < 4.78 is 43.9. The second-order valence-electron chi connectivity index (χ2n) is 9.05. The molecule has 1 amide bonds. The number of hydrogen-bond donors (Lipinski definition) is 3. The van der Waals surface area contributed by atoms with E-state index in [0.29, 0.717) is 34.9 Å². The van der Waals surface area contributed by atoms with Gasteiger partial charge in [-0.3, -0.25) is 14.8 Å². The third-order valence-electron chi connectivity index (χ3n) is 5.70. The van der Waals surface area contributed by atoms with Gasteiger partial charge in [-0.25, -0.2) is 9.97 Å². The second kappa shape index (κ2) is 10.7. The SMILES string of the molecule is Cc1ccc(Nc2nc(NC(=O)[C@H]3CCNC3)nc3c(C(C)C)nn(CCOCC(F)(F)F)c23)nc1. The number of ether oxygens (including phenoxy) is 1. The van der Waals surface area contributed by atoms with Crippen molar-refractivity contribution in [3.63, 3.8) is 0 Å². The number of anilines is 3. The van der Waals surface area contributed by atoms with Gasteiger partial charge in [0.2, 0.25) is 11.9 Å². The lowest BCUT2D eigenvalue weighted by molar-refractivity contribution is -0.174. The summed E-state index contributed by atoms with van der Waals surface area (Å²) in [6, 6.07) is 3.66. The predicted octanol–water partition coefficient (Wildman–Crippen LogP) is 3.52. The van der Waals surface area contributed by atoms with Crippen molar-refractivity contribution >= 4 is 34.5 Å². The third kappa shape index (κ3) is 6.26. The molecule has 0 aliphatic carbocycles. The number of rotatable bonds is 9. The van der Waals surface area contributed by atoms with Crippen LogP contribution in [0.5, 0.6) is 0 Å². The molecule has 1 aliphatic heterocycles. The van der Waals surface area contributed by atoms with Crippen LogP contribution < -0.4 is 16.0 Å². The predicted molar refractivity (Wildman–Crippen MR) is 128 cm³/mol. The molecule has 1 fully saturated rings. The Morgan fingerprint density at radius 3 is 2.75 bits per heavy atom. The van der Waals surface area contributed by atoms with E-state index in [0.717, 1.165) is 18.5 Å². The molecule has 4 rings (SSSR count). The Hall–Kier alpha value is -3.32. The van der Waals surface area contributed by atoms with Crippen LogP contribution in [0, 0.1) is 12.8 Å². The minimum Gasteiger partial charge on any atom is -0.370 e. The van der Waals surface area contributed by atoms with Crippen LogP contribution in [0.3, 0.4) is 0 Å². The molecule has 4 heterocycles. The first kappa shape index (κ1) is 25.8. The number of pyridine rings is 1. The van der Waals surface area contributed by atoms with E-state index in [1.807, 2.05) is 26.8 Å². The molecule has 0 unspecified atom stereocenters. The van der Waals surface area contributed by atoms with Gasteiger partial charge in [0.1, 0.15) is 23.5 Å². The Morgan fingerprint density at radius 1 is 1.31 bits per heavy atom. The number of nitrogens with one attached hydrogen (secondary N) is 3. The van der Waals surface area contributed by atoms with E-state index < -0.39 is 12.8 Å². The number of aryl methyl sites for hydroxylation is 1. The van der Waals surface area contributed by atoms with Crippen molar-refractivity contribution in [3.05, 3.63) is 29.6 Å². The lowest BCUT2D eigenvalue weighted by atomic mass is 10.1. The van der Waals surface area contributed by atoms with Crippen molar-refractivity contribution in [2.75, 3.05) is 36.9 Å². The van der Waals surface area contributed by atoms with Crippen LogP contribution in [0.25, 0.3) is 11.0 Å². The number of alkyl halides is 3. The Bertz CT molecular complexity index is 1200. The lowest BCUT2D eigenvalue weighted by Crippen LogP contribution is -2.25. The zero-order valence-corrected chi connectivity index (χ0v) is 20.3. The van der Waals surface area contributed by atoms with Crippen LogP contribution in [0.2, 0.25) is 0 Å². The summed E-state index contributed by atoms with van der Waals surface area (Å²) in [5.74, 6) is 0.531. The molecule has 0 bridgehead atoms. The molecule has 0 radical (unpaired) electrons. The first-order chi connectivity index (χ1) is 17.1. The largest absolute Gasteiger partial charge is 0.411 e. The van der Waals surface area contributed by atoms with E-state index in [1.165, 1.54) is 4.68 Å². The first-order valence-electron chi connectivity index (χ1n) is 11.7. The zero-order valence-electron chi connectivity index (χ0n) is 20.3. The average molecular weight is 507 g/mol. The van der Waals surface area contributed by atoms with Crippen LogP contribution in [0.4, 0.5) is 30.8 Å². The molecule has 1 saturated heterocycles. The molecule has 3 N–H and O–H groups in total. The maximum Gasteiger partial charge on any atom is 0.411 e. The van der Waals surface area contributed by atoms with Crippen molar-refractivity contribution in [1.82, 2.24) is 30.0 Å². The Morgan fingerprint density at radius 2 is 2.11 bits per heavy atom. The molecule has 10 nitrogen and oxygen atoms in total. The Kier molecular flexibility index (Phi) is 7.69. The average Bonchev–Trinajstić information content (AvgIpc) is 3.46. The summed E-state index contributed by atoms with van der Waals surface area (Å²) in [5.41, 5.74) is 2.57. The summed E-state index contributed by atoms with van der Waals surface area (Å²) in [5, 5.41) is 13.7. The molecular weight excluding hydrogens is 477 g/mol. The topological polar surface area (TPSA) is 119 Å². The molecule has 1 atom stereocenters. The highest BCUT2D eigenvalue weighted by molar-refractivity contribution is 5.95. The van der Waals surface area contributed by atoms with E-state index in [-0.39, 0.29) is 36.8 Å². The molecular formula is C23H29F3N8O2. The zero-order chi connectivity index (χ0) is 25.9. The van der Waals surface area contributed by atoms with Crippen molar-refractivity contribution in [2.24, 2.45) is 5.92 Å². The smallest absolute Gasteiger partial charge is 0.370 e. The number of hydrogen-bond acceptors (Lipinski definition) is 8. The van der Waals surface area contributed by atoms with Gasteiger partial charge in [0.25, 0.3) is 0 Å². The first-order valence-corrected chi connectivity index (χ1v) is 11.7. The molecule has 194 valence electrons. The summed E-state index contributed by atoms with van der Waals surface area (Å²) in [4.78, 5) is 26.2. The summed E-state index contributed by atoms with van der Waals surface area (Å²) in [7, 11) is 0. The van der Waals surface area contributed by atoms with Crippen molar-refractivity contribution in [3.8, 4) is 0 Å². The van der Waals surface area contributed by atoms with Gasteiger partial charge in [-0.1, -0.05) is 19.9 Å². The molecule has 0 saturated carbocycles. The fourth-order valence-corrected chi connectivity index (χ4v) is 3.89. The van der Waals surface area contributed by atoms with Crippen molar-refractivity contribution in [1.29, 1.82) is 0 Å². The van der Waals surface area contributed by atoms with E-state index in [9.17, 15) is 18.0 Å². The van der Waals surface area contributed by atoms with E-state index in [2.05, 4.69) is 36.0 Å². The number of aromatic nitrogens is 5. The Balaban J connectivity index is 1.72. The van der Waals surface area contributed by atoms with Crippen molar-refractivity contribution < 1.29 is 22.7 Å². The molecule has 3 aromatic heterocycles. The summed E-state index contributed by atoms with van der Waals surface area (Å²) in [6.07, 6.45) is -2.00. The van der Waals surface area contributed by atoms with Gasteiger partial charge in [0.05, 0.1) is 24.8 Å². The van der Waals surface area contributed by atoms with Gasteiger partial charge in [-0.05, 0) is 37.4 Å². The highest BCUT2D eigenvalue weighted by atomic mass is 19.4. The summed E-state index contributed by atoms with van der Waals surface area (Å²) >= 11 is 0. The van der Waals surface area contributed by atoms with Gasteiger partial charge in [0.15, 0.2) is 5.82 Å². The number of amides is 1. The molecule has 3 aromatic rings. The van der Waals surface area contributed by atoms with E-state index >= 15 is 0 Å². The van der Waals surface area contributed by atoms with Gasteiger partial charge >= 0.3 is 6.18 Å². The van der Waals surface area contributed by atoms with E-state index in [4.69, 9.17) is 4.74 Å². The number of halogens is 3. The quantitative estimate of drug-likeness (QED) is 0.377. The minimum atomic E-state index is -4.41. The fraction of sp³-hybridized carbons (Fsp3) is 0.522. The normalized spacial score (nSPS) is 16.1. The van der Waals surface area contributed by atoms with E-state index in [1.54, 1.807) is 12.3 Å². The van der Waals surface area contributed by atoms with Crippen molar-refractivity contribution in [2.45, 2.75) is 45.8 Å². The molecule has 36 heavy (non-hydrogen) atoms. The standard InChI is InChI=1S/C23H29F3N8O2/c1-13(2)17-18-19(34(33-17)8-9-36-12-23(24,25)26)20(29-16-5-4-14(3)10-28-16)31-22(30-18)32-21(35)15-6-7-27-11-15/h4-5,10,13,15,27H,6-9,11-12H2,1-3H3,(H2,28,29,30,31,32,35)/t15-/m0/s1. The monoisotopic (exact) mass is 506 g/mol. The molecule has 1 aliphatic rings. The van der Waals surface area contributed by atoms with Gasteiger partial charge in [0, 0.05) is 12.7 Å². The molecule has 0 aromatic carbocycles. The van der Waals surface area contributed by atoms with Gasteiger partial charge < -0.3 is 15.4 Å². The van der Waals surface area contributed by atoms with Crippen LogP contribution in [-0.4, -0.2) is 63.1 Å². The highest BCUT2D eigenvalue weighted by Crippen LogP contribution is 2.31. The van der Waals surface area contributed by atoms with Crippen LogP contribution in [0.1, 0.15) is 37.4 Å². The maximum atomic E-state index is 12.7.